The van der Waals surface area contributed by atoms with E-state index in [9.17, 15) is 31.1 Å². The van der Waals surface area contributed by atoms with Crippen molar-refractivity contribution in [1.82, 2.24) is 15.0 Å². The van der Waals surface area contributed by atoms with Crippen LogP contribution in [0.3, 0.4) is 0 Å². The number of alkyl halides is 3. The number of carbonyl (C=O) groups excluding carboxylic acids is 1. The van der Waals surface area contributed by atoms with Gasteiger partial charge < -0.3 is 19.3 Å². The van der Waals surface area contributed by atoms with Gasteiger partial charge in [-0.2, -0.15) is 13.2 Å². The highest BCUT2D eigenvalue weighted by atomic mass is 32.2. The predicted octanol–water partition coefficient (Wildman–Crippen LogP) is 4.50. The van der Waals surface area contributed by atoms with Gasteiger partial charge in [-0.1, -0.05) is 18.2 Å². The number of rotatable bonds is 8. The van der Waals surface area contributed by atoms with E-state index in [0.717, 1.165) is 12.1 Å². The van der Waals surface area contributed by atoms with Crippen LogP contribution in [-0.4, -0.2) is 26.4 Å². The normalized spacial score (nSPS) is 15.1. The van der Waals surface area contributed by atoms with Crippen molar-refractivity contribution in [2.75, 3.05) is 6.79 Å². The van der Waals surface area contributed by atoms with Crippen molar-refractivity contribution in [1.29, 1.82) is 0 Å². The first-order valence-electron chi connectivity index (χ1n) is 11.3. The lowest BCUT2D eigenvalue weighted by Gasteiger charge is -2.19. The van der Waals surface area contributed by atoms with E-state index < -0.39 is 46.8 Å². The van der Waals surface area contributed by atoms with Crippen LogP contribution in [0.1, 0.15) is 48.2 Å². The standard InChI is InChI=1S/C25H23F4N3O5S/c1-13(15-3-6-18(19(26)9-15)14(2)32-38(34)35)24(33)30-11-17-5-8-22(25(27,28)29)31-23(17)16-4-7-20-21(10-16)37-12-36-20/h3-10,13-14,32H,11-12H2,1-2H3,(H,30,33)(H,34,35)/p-1. The van der Waals surface area contributed by atoms with Crippen LogP contribution in [0.15, 0.2) is 48.5 Å². The van der Waals surface area contributed by atoms with Gasteiger partial charge in [-0.3, -0.25) is 9.00 Å². The van der Waals surface area contributed by atoms with E-state index in [0.29, 0.717) is 28.2 Å². The lowest BCUT2D eigenvalue weighted by Crippen LogP contribution is -2.28. The maximum absolute atomic E-state index is 14.6. The highest BCUT2D eigenvalue weighted by Gasteiger charge is 2.33. The van der Waals surface area contributed by atoms with E-state index >= 15 is 0 Å². The SMILES string of the molecule is CC(NS(=O)[O-])c1ccc(C(C)C(=O)NCc2ccc(C(F)(F)F)nc2-c2ccc3c(c2)OCO3)cc1F. The smallest absolute Gasteiger partial charge is 0.433 e. The zero-order chi connectivity index (χ0) is 27.6. The quantitative estimate of drug-likeness (QED) is 0.314. The maximum Gasteiger partial charge on any atom is 0.433 e. The average Bonchev–Trinajstić information content (AvgIpc) is 3.33. The van der Waals surface area contributed by atoms with Crippen LogP contribution in [0, 0.1) is 5.82 Å². The van der Waals surface area contributed by atoms with E-state index in [2.05, 4.69) is 15.0 Å². The zero-order valence-electron chi connectivity index (χ0n) is 20.1. The Morgan fingerprint density at radius 3 is 2.53 bits per heavy atom. The molecule has 3 aromatic rings. The summed E-state index contributed by atoms with van der Waals surface area (Å²) in [5.74, 6) is -1.19. The molecular formula is C25H22F4N3O5S-. The first-order chi connectivity index (χ1) is 17.9. The summed E-state index contributed by atoms with van der Waals surface area (Å²) >= 11 is -2.58. The monoisotopic (exact) mass is 552 g/mol. The highest BCUT2D eigenvalue weighted by Crippen LogP contribution is 2.37. The number of halogens is 4. The van der Waals surface area contributed by atoms with E-state index in [1.165, 1.54) is 31.2 Å². The fourth-order valence-electron chi connectivity index (χ4n) is 3.94. The predicted molar refractivity (Wildman–Crippen MR) is 128 cm³/mol. The second-order valence-corrected chi connectivity index (χ2v) is 9.27. The third kappa shape index (κ3) is 6.11. The molecule has 4 rings (SSSR count). The number of aromatic nitrogens is 1. The molecular weight excluding hydrogens is 530 g/mol. The Labute approximate surface area is 217 Å². The van der Waals surface area contributed by atoms with Crippen LogP contribution in [0.25, 0.3) is 11.3 Å². The molecule has 38 heavy (non-hydrogen) atoms. The molecule has 13 heteroatoms. The molecule has 3 unspecified atom stereocenters. The van der Waals surface area contributed by atoms with E-state index in [1.54, 1.807) is 19.1 Å². The number of pyridine rings is 1. The third-order valence-corrected chi connectivity index (χ3v) is 6.57. The molecule has 1 amide bonds. The van der Waals surface area contributed by atoms with Gasteiger partial charge in [0, 0.05) is 35.0 Å². The van der Waals surface area contributed by atoms with Gasteiger partial charge in [0.05, 0.1) is 11.6 Å². The average molecular weight is 553 g/mol. The molecule has 0 radical (unpaired) electrons. The third-order valence-electron chi connectivity index (χ3n) is 6.03. The number of amides is 1. The van der Waals surface area contributed by atoms with Gasteiger partial charge >= 0.3 is 6.18 Å². The second-order valence-electron chi connectivity index (χ2n) is 8.56. The molecule has 2 aromatic carbocycles. The lowest BCUT2D eigenvalue weighted by atomic mass is 9.96. The summed E-state index contributed by atoms with van der Waals surface area (Å²) in [5.41, 5.74) is 0.0319. The van der Waals surface area contributed by atoms with Crippen molar-refractivity contribution in [2.45, 2.75) is 38.5 Å². The van der Waals surface area contributed by atoms with Crippen LogP contribution < -0.4 is 19.5 Å². The number of fused-ring (bicyclic) bond motifs is 1. The molecule has 0 spiro atoms. The summed E-state index contributed by atoms with van der Waals surface area (Å²) in [6, 6.07) is 9.92. The molecule has 0 fully saturated rings. The molecule has 0 bridgehead atoms. The minimum absolute atomic E-state index is 0.00917. The summed E-state index contributed by atoms with van der Waals surface area (Å²) < 4.78 is 89.1. The molecule has 1 aromatic heterocycles. The van der Waals surface area contributed by atoms with Gasteiger partial charge in [-0.15, -0.1) is 0 Å². The maximum atomic E-state index is 14.6. The van der Waals surface area contributed by atoms with Gasteiger partial charge in [0.15, 0.2) is 11.5 Å². The Hall–Kier alpha value is -3.55. The highest BCUT2D eigenvalue weighted by molar-refractivity contribution is 7.77. The van der Waals surface area contributed by atoms with Crippen molar-refractivity contribution in [3.63, 3.8) is 0 Å². The molecule has 8 nitrogen and oxygen atoms in total. The van der Waals surface area contributed by atoms with Crippen molar-refractivity contribution in [2.24, 2.45) is 0 Å². The number of nitrogens with zero attached hydrogens (tertiary/aromatic N) is 1. The van der Waals surface area contributed by atoms with Crippen LogP contribution in [0.2, 0.25) is 0 Å². The van der Waals surface area contributed by atoms with Crippen molar-refractivity contribution < 1.29 is 40.6 Å². The van der Waals surface area contributed by atoms with E-state index in [4.69, 9.17) is 9.47 Å². The van der Waals surface area contributed by atoms with Gasteiger partial charge in [-0.05, 0) is 55.3 Å². The van der Waals surface area contributed by atoms with E-state index in [1.807, 2.05) is 0 Å². The Morgan fingerprint density at radius 1 is 1.11 bits per heavy atom. The van der Waals surface area contributed by atoms with Crippen molar-refractivity contribution in [3.05, 3.63) is 76.7 Å². The second kappa shape index (κ2) is 11.1. The molecule has 0 saturated carbocycles. The number of carbonyl (C=O) groups is 1. The lowest BCUT2D eigenvalue weighted by molar-refractivity contribution is -0.141. The Bertz CT molecular complexity index is 1390. The number of ether oxygens (including phenoxy) is 2. The van der Waals surface area contributed by atoms with Crippen LogP contribution >= 0.6 is 0 Å². The summed E-state index contributed by atoms with van der Waals surface area (Å²) in [5, 5.41) is 2.67. The van der Waals surface area contributed by atoms with Crippen LogP contribution in [-0.2, 0) is 28.8 Å². The molecule has 3 atom stereocenters. The molecule has 0 aliphatic carbocycles. The van der Waals surface area contributed by atoms with E-state index in [-0.39, 0.29) is 24.6 Å². The van der Waals surface area contributed by atoms with Gasteiger partial charge in [0.1, 0.15) is 11.5 Å². The van der Waals surface area contributed by atoms with Crippen LogP contribution in [0.5, 0.6) is 11.5 Å². The first kappa shape index (κ1) is 27.5. The first-order valence-corrected chi connectivity index (χ1v) is 12.4. The topological polar surface area (TPSA) is 113 Å². The summed E-state index contributed by atoms with van der Waals surface area (Å²) in [7, 11) is 0. The zero-order valence-corrected chi connectivity index (χ0v) is 20.9. The summed E-state index contributed by atoms with van der Waals surface area (Å²) in [4.78, 5) is 16.7. The number of hydrogen-bond donors (Lipinski definition) is 2. The molecule has 1 aliphatic rings. The minimum atomic E-state index is -4.67. The van der Waals surface area contributed by atoms with Gasteiger partial charge in [0.25, 0.3) is 0 Å². The number of benzene rings is 2. The summed E-state index contributed by atoms with van der Waals surface area (Å²) in [6.07, 6.45) is -4.67. The molecule has 2 N–H and O–H groups in total. The van der Waals surface area contributed by atoms with Gasteiger partial charge in [-0.25, -0.2) is 14.1 Å². The Morgan fingerprint density at radius 2 is 1.84 bits per heavy atom. The van der Waals surface area contributed by atoms with Gasteiger partial charge in [0.2, 0.25) is 12.7 Å². The summed E-state index contributed by atoms with van der Waals surface area (Å²) in [6.45, 7) is 2.86. The molecule has 1 aliphatic heterocycles. The van der Waals surface area contributed by atoms with Crippen LogP contribution in [0.4, 0.5) is 17.6 Å². The van der Waals surface area contributed by atoms with Crippen molar-refractivity contribution >= 4 is 17.2 Å². The van der Waals surface area contributed by atoms with Crippen molar-refractivity contribution in [3.8, 4) is 22.8 Å². The molecule has 0 saturated heterocycles. The molecule has 2 heterocycles. The fraction of sp³-hybridized carbons (Fsp3) is 0.280. The Balaban J connectivity index is 1.54. The molecule has 202 valence electrons. The fourth-order valence-corrected chi connectivity index (χ4v) is 4.36. The minimum Gasteiger partial charge on any atom is -0.760 e. The number of hydrogen-bond acceptors (Lipinski definition) is 6. The Kier molecular flexibility index (Phi) is 7.99. The number of nitrogens with one attached hydrogen (secondary N) is 2. The largest absolute Gasteiger partial charge is 0.760 e.